The van der Waals surface area contributed by atoms with Crippen LogP contribution in [-0.4, -0.2) is 23.5 Å². The Morgan fingerprint density at radius 1 is 1.50 bits per heavy atom. The molecule has 1 fully saturated rings. The lowest BCUT2D eigenvalue weighted by molar-refractivity contribution is 0.0943. The molecule has 1 aromatic rings. The summed E-state index contributed by atoms with van der Waals surface area (Å²) >= 11 is 1.83. The van der Waals surface area contributed by atoms with Crippen molar-refractivity contribution < 1.29 is 9.18 Å². The molecule has 0 spiro atoms. The molecule has 1 aromatic carbocycles. The number of carbonyl (C=O) groups is 1. The summed E-state index contributed by atoms with van der Waals surface area (Å²) in [5, 5.41) is 2.97. The highest BCUT2D eigenvalue weighted by Gasteiger charge is 2.36. The summed E-state index contributed by atoms with van der Waals surface area (Å²) in [4.78, 5) is 12.0. The van der Waals surface area contributed by atoms with Crippen LogP contribution in [0.15, 0.2) is 18.2 Å². The fourth-order valence-electron chi connectivity index (χ4n) is 2.24. The Hall–Kier alpha value is -1.03. The topological polar surface area (TPSA) is 29.1 Å². The summed E-state index contributed by atoms with van der Waals surface area (Å²) in [6, 6.07) is 4.27. The Bertz CT molecular complexity index is 452. The Morgan fingerprint density at radius 2 is 2.22 bits per heavy atom. The SMILES string of the molecule is CSC1(CNC(=O)c2ccc(F)cc2C)CCC1. The van der Waals surface area contributed by atoms with Crippen molar-refractivity contribution in [1.82, 2.24) is 5.32 Å². The molecule has 1 amide bonds. The van der Waals surface area contributed by atoms with Gasteiger partial charge < -0.3 is 5.32 Å². The number of hydrogen-bond donors (Lipinski definition) is 1. The lowest BCUT2D eigenvalue weighted by Gasteiger charge is -2.40. The van der Waals surface area contributed by atoms with E-state index in [1.807, 2.05) is 11.8 Å². The van der Waals surface area contributed by atoms with Gasteiger partial charge in [-0.1, -0.05) is 6.42 Å². The van der Waals surface area contributed by atoms with Crippen LogP contribution in [0, 0.1) is 12.7 Å². The molecule has 1 aliphatic rings. The van der Waals surface area contributed by atoms with Gasteiger partial charge in [-0.15, -0.1) is 0 Å². The largest absolute Gasteiger partial charge is 0.351 e. The van der Waals surface area contributed by atoms with Crippen LogP contribution in [0.4, 0.5) is 4.39 Å². The number of hydrogen-bond acceptors (Lipinski definition) is 2. The van der Waals surface area contributed by atoms with Crippen molar-refractivity contribution in [2.45, 2.75) is 30.9 Å². The van der Waals surface area contributed by atoms with Crippen molar-refractivity contribution in [2.75, 3.05) is 12.8 Å². The molecule has 0 saturated heterocycles. The van der Waals surface area contributed by atoms with E-state index >= 15 is 0 Å². The molecule has 1 N–H and O–H groups in total. The van der Waals surface area contributed by atoms with Crippen LogP contribution in [0.2, 0.25) is 0 Å². The number of thioether (sulfide) groups is 1. The summed E-state index contributed by atoms with van der Waals surface area (Å²) in [5.41, 5.74) is 1.24. The van der Waals surface area contributed by atoms with Crippen LogP contribution >= 0.6 is 11.8 Å². The molecule has 4 heteroatoms. The molecular weight excluding hydrogens is 249 g/mol. The van der Waals surface area contributed by atoms with E-state index in [1.165, 1.54) is 18.6 Å². The Morgan fingerprint density at radius 3 is 2.72 bits per heavy atom. The first-order chi connectivity index (χ1) is 8.56. The first-order valence-corrected chi connectivity index (χ1v) is 7.38. The summed E-state index contributed by atoms with van der Waals surface area (Å²) < 4.78 is 13.2. The minimum absolute atomic E-state index is 0.104. The molecule has 18 heavy (non-hydrogen) atoms. The van der Waals surface area contributed by atoms with Crippen LogP contribution in [0.3, 0.4) is 0 Å². The maximum Gasteiger partial charge on any atom is 0.251 e. The van der Waals surface area contributed by atoms with E-state index < -0.39 is 0 Å². The summed E-state index contributed by atoms with van der Waals surface area (Å²) in [6.45, 7) is 2.45. The molecule has 0 heterocycles. The third-order valence-electron chi connectivity index (χ3n) is 3.70. The predicted molar refractivity (Wildman–Crippen MR) is 73.6 cm³/mol. The third-order valence-corrected chi connectivity index (χ3v) is 5.12. The van der Waals surface area contributed by atoms with Gasteiger partial charge in [0.1, 0.15) is 5.82 Å². The molecule has 98 valence electrons. The highest BCUT2D eigenvalue weighted by atomic mass is 32.2. The number of benzene rings is 1. The minimum Gasteiger partial charge on any atom is -0.351 e. The van der Waals surface area contributed by atoms with E-state index in [0.29, 0.717) is 17.7 Å². The van der Waals surface area contributed by atoms with Crippen molar-refractivity contribution >= 4 is 17.7 Å². The van der Waals surface area contributed by atoms with Gasteiger partial charge in [0.25, 0.3) is 5.91 Å². The van der Waals surface area contributed by atoms with Crippen LogP contribution in [0.1, 0.15) is 35.2 Å². The van der Waals surface area contributed by atoms with Gasteiger partial charge in [0.2, 0.25) is 0 Å². The van der Waals surface area contributed by atoms with Crippen molar-refractivity contribution in [3.63, 3.8) is 0 Å². The van der Waals surface area contributed by atoms with E-state index in [0.717, 1.165) is 12.8 Å². The monoisotopic (exact) mass is 267 g/mol. The molecule has 0 aliphatic heterocycles. The zero-order valence-corrected chi connectivity index (χ0v) is 11.6. The van der Waals surface area contributed by atoms with Crippen molar-refractivity contribution in [1.29, 1.82) is 0 Å². The average Bonchev–Trinajstić information content (AvgIpc) is 2.27. The molecule has 0 aromatic heterocycles. The molecule has 2 nitrogen and oxygen atoms in total. The van der Waals surface area contributed by atoms with E-state index in [4.69, 9.17) is 0 Å². The Labute approximate surface area is 111 Å². The van der Waals surface area contributed by atoms with Crippen LogP contribution in [0.25, 0.3) is 0 Å². The van der Waals surface area contributed by atoms with Gasteiger partial charge in [-0.2, -0.15) is 11.8 Å². The second-order valence-corrected chi connectivity index (χ2v) is 6.16. The van der Waals surface area contributed by atoms with Gasteiger partial charge in [0, 0.05) is 16.9 Å². The van der Waals surface area contributed by atoms with E-state index in [2.05, 4.69) is 11.6 Å². The predicted octanol–water partition coefficient (Wildman–Crippen LogP) is 3.15. The second kappa shape index (κ2) is 5.31. The lowest BCUT2D eigenvalue weighted by Crippen LogP contribution is -2.45. The molecule has 0 bridgehead atoms. The van der Waals surface area contributed by atoms with Crippen LogP contribution in [0.5, 0.6) is 0 Å². The first-order valence-electron chi connectivity index (χ1n) is 6.16. The zero-order valence-electron chi connectivity index (χ0n) is 10.8. The van der Waals surface area contributed by atoms with Gasteiger partial charge in [0.05, 0.1) is 0 Å². The van der Waals surface area contributed by atoms with E-state index in [1.54, 1.807) is 13.0 Å². The number of aryl methyl sites for hydroxylation is 1. The highest BCUT2D eigenvalue weighted by Crippen LogP contribution is 2.42. The summed E-state index contributed by atoms with van der Waals surface area (Å²) in [7, 11) is 0. The van der Waals surface area contributed by atoms with Crippen molar-refractivity contribution in [3.8, 4) is 0 Å². The minimum atomic E-state index is -0.302. The number of nitrogens with one attached hydrogen (secondary N) is 1. The third kappa shape index (κ3) is 2.69. The summed E-state index contributed by atoms with van der Waals surface area (Å²) in [6.07, 6.45) is 5.66. The highest BCUT2D eigenvalue weighted by molar-refractivity contribution is 8.00. The number of rotatable bonds is 4. The fraction of sp³-hybridized carbons (Fsp3) is 0.500. The first kappa shape index (κ1) is 13.4. The smallest absolute Gasteiger partial charge is 0.251 e. The lowest BCUT2D eigenvalue weighted by atomic mass is 9.84. The van der Waals surface area contributed by atoms with Crippen molar-refractivity contribution in [3.05, 3.63) is 35.1 Å². The second-order valence-electron chi connectivity index (χ2n) is 4.88. The van der Waals surface area contributed by atoms with Gasteiger partial charge in [-0.25, -0.2) is 4.39 Å². The van der Waals surface area contributed by atoms with Crippen LogP contribution in [-0.2, 0) is 0 Å². The molecular formula is C14H18FNOS. The number of halogens is 1. The average molecular weight is 267 g/mol. The normalized spacial score (nSPS) is 17.1. The molecule has 2 rings (SSSR count). The Balaban J connectivity index is 1.99. The standard InChI is InChI=1S/C14H18FNOS/c1-10-8-11(15)4-5-12(10)13(17)16-9-14(18-2)6-3-7-14/h4-5,8H,3,6-7,9H2,1-2H3,(H,16,17). The molecule has 1 aliphatic carbocycles. The van der Waals surface area contributed by atoms with E-state index in [-0.39, 0.29) is 16.5 Å². The zero-order chi connectivity index (χ0) is 13.2. The molecule has 0 radical (unpaired) electrons. The summed E-state index contributed by atoms with van der Waals surface area (Å²) in [5.74, 6) is -0.406. The van der Waals surface area contributed by atoms with Gasteiger partial charge in [0.15, 0.2) is 0 Å². The molecule has 0 unspecified atom stereocenters. The number of carbonyl (C=O) groups excluding carboxylic acids is 1. The maximum absolute atomic E-state index is 13.0. The van der Waals surface area contributed by atoms with E-state index in [9.17, 15) is 9.18 Å². The van der Waals surface area contributed by atoms with Gasteiger partial charge in [-0.3, -0.25) is 4.79 Å². The maximum atomic E-state index is 13.0. The Kier molecular flexibility index (Phi) is 3.95. The van der Waals surface area contributed by atoms with Gasteiger partial charge in [-0.05, 0) is 49.8 Å². The number of amides is 1. The van der Waals surface area contributed by atoms with Crippen LogP contribution < -0.4 is 5.32 Å². The van der Waals surface area contributed by atoms with Crippen molar-refractivity contribution in [2.24, 2.45) is 0 Å². The quantitative estimate of drug-likeness (QED) is 0.908. The van der Waals surface area contributed by atoms with Gasteiger partial charge >= 0.3 is 0 Å². The fourth-order valence-corrected chi connectivity index (χ4v) is 3.16. The molecule has 0 atom stereocenters. The molecule has 1 saturated carbocycles.